The highest BCUT2D eigenvalue weighted by Gasteiger charge is 2.19. The number of benzene rings is 3. The number of aromatic nitrogens is 3. The van der Waals surface area contributed by atoms with Crippen LogP contribution in [-0.4, -0.2) is 31.5 Å². The van der Waals surface area contributed by atoms with Crippen LogP contribution in [0.1, 0.15) is 0 Å². The van der Waals surface area contributed by atoms with Crippen molar-refractivity contribution in [2.45, 2.75) is 5.16 Å². The lowest BCUT2D eigenvalue weighted by Gasteiger charge is -2.12. The zero-order valence-electron chi connectivity index (χ0n) is 16.0. The number of nitrogens with zero attached hydrogens (tertiary/aromatic N) is 3. The fourth-order valence-corrected chi connectivity index (χ4v) is 4.05. The van der Waals surface area contributed by atoms with Gasteiger partial charge in [-0.3, -0.25) is 9.36 Å². The lowest BCUT2D eigenvalue weighted by atomic mass is 10.2. The fraction of sp³-hybridized carbons (Fsp3) is 0.0455. The first kappa shape index (κ1) is 21.2. The van der Waals surface area contributed by atoms with E-state index in [0.717, 1.165) is 0 Å². The van der Waals surface area contributed by atoms with Gasteiger partial charge in [0.15, 0.2) is 11.0 Å². The van der Waals surface area contributed by atoms with Gasteiger partial charge in [0.1, 0.15) is 5.75 Å². The Hall–Kier alpha value is -3.00. The molecule has 0 spiro atoms. The summed E-state index contributed by atoms with van der Waals surface area (Å²) >= 11 is 13.5. The first-order valence-electron chi connectivity index (χ1n) is 9.20. The number of aromatic hydroxyl groups is 1. The van der Waals surface area contributed by atoms with Crippen molar-refractivity contribution in [3.63, 3.8) is 0 Å². The van der Waals surface area contributed by atoms with Gasteiger partial charge in [0.25, 0.3) is 0 Å². The van der Waals surface area contributed by atoms with Crippen LogP contribution in [0.3, 0.4) is 0 Å². The summed E-state index contributed by atoms with van der Waals surface area (Å²) < 4.78 is 1.76. The Morgan fingerprint density at radius 3 is 2.55 bits per heavy atom. The Morgan fingerprint density at radius 1 is 1.00 bits per heavy atom. The molecule has 6 nitrogen and oxygen atoms in total. The highest BCUT2D eigenvalue weighted by Crippen LogP contribution is 2.33. The van der Waals surface area contributed by atoms with E-state index in [1.165, 1.54) is 11.8 Å². The quantitative estimate of drug-likeness (QED) is 0.354. The number of carbonyl (C=O) groups excluding carboxylic acids is 1. The molecule has 0 saturated carbocycles. The van der Waals surface area contributed by atoms with E-state index in [1.807, 2.05) is 12.1 Å². The number of amides is 1. The molecule has 0 aliphatic carbocycles. The first-order valence-corrected chi connectivity index (χ1v) is 10.9. The minimum Gasteiger partial charge on any atom is -0.507 e. The van der Waals surface area contributed by atoms with Crippen LogP contribution in [0.25, 0.3) is 17.1 Å². The summed E-state index contributed by atoms with van der Waals surface area (Å²) in [7, 11) is 0. The van der Waals surface area contributed by atoms with Gasteiger partial charge in [-0.05, 0) is 42.5 Å². The maximum atomic E-state index is 12.5. The van der Waals surface area contributed by atoms with Gasteiger partial charge in [0, 0.05) is 5.02 Å². The summed E-state index contributed by atoms with van der Waals surface area (Å²) in [5.74, 6) is 0.369. The SMILES string of the molecule is O=C(CSc1nnc(-c2ccccc2O)n1-c1cccc(Cl)c1)Nc1ccccc1Cl. The molecule has 0 saturated heterocycles. The smallest absolute Gasteiger partial charge is 0.234 e. The molecule has 2 N–H and O–H groups in total. The Morgan fingerprint density at radius 2 is 1.77 bits per heavy atom. The number of anilines is 1. The molecule has 0 radical (unpaired) electrons. The fourth-order valence-electron chi connectivity index (χ4n) is 2.93. The number of thioether (sulfide) groups is 1. The topological polar surface area (TPSA) is 80.0 Å². The van der Waals surface area contributed by atoms with Crippen molar-refractivity contribution in [1.29, 1.82) is 0 Å². The number of hydrogen-bond acceptors (Lipinski definition) is 5. The van der Waals surface area contributed by atoms with E-state index in [2.05, 4.69) is 15.5 Å². The number of para-hydroxylation sites is 2. The number of phenols is 1. The number of hydrogen-bond donors (Lipinski definition) is 2. The van der Waals surface area contributed by atoms with Crippen LogP contribution in [0.15, 0.2) is 78.0 Å². The lowest BCUT2D eigenvalue weighted by molar-refractivity contribution is -0.113. The van der Waals surface area contributed by atoms with Crippen molar-refractivity contribution in [3.8, 4) is 22.8 Å². The third kappa shape index (κ3) is 4.85. The zero-order valence-corrected chi connectivity index (χ0v) is 18.3. The van der Waals surface area contributed by atoms with Crippen LogP contribution in [0.2, 0.25) is 10.0 Å². The van der Waals surface area contributed by atoms with Crippen LogP contribution in [0.4, 0.5) is 5.69 Å². The zero-order chi connectivity index (χ0) is 21.8. The van der Waals surface area contributed by atoms with Gasteiger partial charge in [0.05, 0.1) is 27.7 Å². The van der Waals surface area contributed by atoms with E-state index in [-0.39, 0.29) is 17.4 Å². The van der Waals surface area contributed by atoms with Crippen LogP contribution in [0.5, 0.6) is 5.75 Å². The first-order chi connectivity index (χ1) is 15.0. The second kappa shape index (κ2) is 9.43. The molecule has 0 atom stereocenters. The molecule has 156 valence electrons. The number of halogens is 2. The van der Waals surface area contributed by atoms with Gasteiger partial charge in [-0.2, -0.15) is 0 Å². The summed E-state index contributed by atoms with van der Waals surface area (Å²) in [4.78, 5) is 12.5. The molecule has 31 heavy (non-hydrogen) atoms. The predicted molar refractivity (Wildman–Crippen MR) is 124 cm³/mol. The second-order valence-electron chi connectivity index (χ2n) is 6.46. The van der Waals surface area contributed by atoms with Gasteiger partial charge in [0.2, 0.25) is 5.91 Å². The van der Waals surface area contributed by atoms with Crippen molar-refractivity contribution in [3.05, 3.63) is 82.8 Å². The average Bonchev–Trinajstić information content (AvgIpc) is 3.18. The maximum absolute atomic E-state index is 12.5. The van der Waals surface area contributed by atoms with E-state index in [4.69, 9.17) is 23.2 Å². The van der Waals surface area contributed by atoms with E-state index in [1.54, 1.807) is 65.2 Å². The largest absolute Gasteiger partial charge is 0.507 e. The minimum atomic E-state index is -0.233. The molecular formula is C22H16Cl2N4O2S. The molecule has 9 heteroatoms. The summed E-state index contributed by atoms with van der Waals surface area (Å²) in [5.41, 5.74) is 1.77. The summed E-state index contributed by atoms with van der Waals surface area (Å²) in [6.45, 7) is 0. The molecule has 0 bridgehead atoms. The molecule has 1 aromatic heterocycles. The summed E-state index contributed by atoms with van der Waals surface area (Å²) in [5, 5.41) is 23.1. The van der Waals surface area contributed by atoms with Gasteiger partial charge >= 0.3 is 0 Å². The molecule has 0 aliphatic rings. The lowest BCUT2D eigenvalue weighted by Crippen LogP contribution is -2.14. The van der Waals surface area contributed by atoms with Crippen LogP contribution >= 0.6 is 35.0 Å². The van der Waals surface area contributed by atoms with E-state index in [0.29, 0.717) is 38.0 Å². The summed E-state index contributed by atoms with van der Waals surface area (Å²) in [6.07, 6.45) is 0. The van der Waals surface area contributed by atoms with Crippen LogP contribution in [0, 0.1) is 0 Å². The van der Waals surface area contributed by atoms with Crippen molar-refractivity contribution in [1.82, 2.24) is 14.8 Å². The van der Waals surface area contributed by atoms with E-state index >= 15 is 0 Å². The molecule has 0 fully saturated rings. The number of rotatable bonds is 6. The average molecular weight is 471 g/mol. The molecular weight excluding hydrogens is 455 g/mol. The Balaban J connectivity index is 1.64. The van der Waals surface area contributed by atoms with Crippen LogP contribution < -0.4 is 5.32 Å². The van der Waals surface area contributed by atoms with Gasteiger partial charge in [-0.1, -0.05) is 65.3 Å². The van der Waals surface area contributed by atoms with Crippen molar-refractivity contribution in [2.75, 3.05) is 11.1 Å². The second-order valence-corrected chi connectivity index (χ2v) is 8.24. The molecule has 4 rings (SSSR count). The molecule has 3 aromatic carbocycles. The number of carbonyl (C=O) groups is 1. The highest BCUT2D eigenvalue weighted by atomic mass is 35.5. The Bertz CT molecular complexity index is 1250. The molecule has 4 aromatic rings. The van der Waals surface area contributed by atoms with Crippen molar-refractivity contribution in [2.24, 2.45) is 0 Å². The third-order valence-electron chi connectivity index (χ3n) is 4.33. The number of nitrogens with one attached hydrogen (secondary N) is 1. The van der Waals surface area contributed by atoms with Crippen molar-refractivity contribution >= 4 is 46.6 Å². The standard InChI is InChI=1S/C22H16Cl2N4O2S/c23-14-6-5-7-15(12-14)28-21(16-8-1-4-11-19(16)29)26-27-22(28)31-13-20(30)25-18-10-3-2-9-17(18)24/h1-12,29H,13H2,(H,25,30). The predicted octanol–water partition coefficient (Wildman–Crippen LogP) is 5.68. The van der Waals surface area contributed by atoms with E-state index < -0.39 is 0 Å². The Kier molecular flexibility index (Phi) is 6.46. The number of phenolic OH excluding ortho intramolecular Hbond substituents is 1. The maximum Gasteiger partial charge on any atom is 0.234 e. The minimum absolute atomic E-state index is 0.0752. The van der Waals surface area contributed by atoms with E-state index in [9.17, 15) is 9.90 Å². The highest BCUT2D eigenvalue weighted by molar-refractivity contribution is 7.99. The van der Waals surface area contributed by atoms with Gasteiger partial charge in [-0.25, -0.2) is 0 Å². The third-order valence-corrected chi connectivity index (χ3v) is 5.82. The molecule has 0 unspecified atom stereocenters. The Labute approximate surface area is 192 Å². The molecule has 1 heterocycles. The molecule has 1 amide bonds. The van der Waals surface area contributed by atoms with Gasteiger partial charge in [-0.15, -0.1) is 10.2 Å². The monoisotopic (exact) mass is 470 g/mol. The normalized spacial score (nSPS) is 10.8. The van der Waals surface area contributed by atoms with Crippen molar-refractivity contribution < 1.29 is 9.90 Å². The van der Waals surface area contributed by atoms with Gasteiger partial charge < -0.3 is 10.4 Å². The molecule has 0 aliphatic heterocycles. The van der Waals surface area contributed by atoms with Crippen LogP contribution in [-0.2, 0) is 4.79 Å². The summed E-state index contributed by atoms with van der Waals surface area (Å²) in [6, 6.07) is 21.1.